The number of hydrogen-bond acceptors (Lipinski definition) is 3. The standard InChI is InChI=1S/C12H16N4/c1-16(2)8-5-12-14-9-11(15-12)10-3-6-13-7-4-10/h3-4,6-7,9H,5,8H2,1-2H3,(H,14,15). The van der Waals surface area contributed by atoms with Crippen molar-refractivity contribution in [3.05, 3.63) is 36.5 Å². The van der Waals surface area contributed by atoms with Crippen LogP contribution >= 0.6 is 0 Å². The summed E-state index contributed by atoms with van der Waals surface area (Å²) in [6.07, 6.45) is 6.39. The highest BCUT2D eigenvalue weighted by Crippen LogP contribution is 2.15. The second-order valence-electron chi connectivity index (χ2n) is 4.03. The van der Waals surface area contributed by atoms with E-state index in [2.05, 4.69) is 33.9 Å². The molecule has 0 aliphatic rings. The Morgan fingerprint density at radius 3 is 2.69 bits per heavy atom. The van der Waals surface area contributed by atoms with Crippen LogP contribution in [-0.4, -0.2) is 40.5 Å². The lowest BCUT2D eigenvalue weighted by atomic mass is 10.2. The quantitative estimate of drug-likeness (QED) is 0.843. The van der Waals surface area contributed by atoms with E-state index in [1.807, 2.05) is 18.3 Å². The van der Waals surface area contributed by atoms with Gasteiger partial charge >= 0.3 is 0 Å². The topological polar surface area (TPSA) is 44.8 Å². The van der Waals surface area contributed by atoms with Crippen molar-refractivity contribution in [3.8, 4) is 11.3 Å². The van der Waals surface area contributed by atoms with E-state index in [9.17, 15) is 0 Å². The summed E-state index contributed by atoms with van der Waals surface area (Å²) < 4.78 is 0. The highest BCUT2D eigenvalue weighted by molar-refractivity contribution is 5.57. The van der Waals surface area contributed by atoms with Gasteiger partial charge in [-0.15, -0.1) is 0 Å². The Bertz CT molecular complexity index is 433. The number of H-pyrrole nitrogens is 1. The second-order valence-corrected chi connectivity index (χ2v) is 4.03. The first-order chi connectivity index (χ1) is 7.75. The Hall–Kier alpha value is -1.68. The molecule has 0 spiro atoms. The summed E-state index contributed by atoms with van der Waals surface area (Å²) >= 11 is 0. The molecule has 0 aromatic carbocycles. The van der Waals surface area contributed by atoms with Gasteiger partial charge in [0.05, 0.1) is 11.9 Å². The lowest BCUT2D eigenvalue weighted by Gasteiger charge is -2.06. The molecule has 0 bridgehead atoms. The summed E-state index contributed by atoms with van der Waals surface area (Å²) in [7, 11) is 4.12. The number of imidazole rings is 1. The van der Waals surface area contributed by atoms with Gasteiger partial charge in [0.25, 0.3) is 0 Å². The maximum Gasteiger partial charge on any atom is 0.107 e. The third-order valence-corrected chi connectivity index (χ3v) is 2.42. The summed E-state index contributed by atoms with van der Waals surface area (Å²) in [5.41, 5.74) is 2.18. The van der Waals surface area contributed by atoms with E-state index >= 15 is 0 Å². The number of aromatic nitrogens is 3. The van der Waals surface area contributed by atoms with Gasteiger partial charge in [-0.1, -0.05) is 0 Å². The maximum absolute atomic E-state index is 4.36. The SMILES string of the molecule is CN(C)CCc1ncc(-c2ccncc2)[nH]1. The molecule has 2 aromatic rings. The third-order valence-electron chi connectivity index (χ3n) is 2.42. The fourth-order valence-corrected chi connectivity index (χ4v) is 1.50. The molecule has 84 valence electrons. The van der Waals surface area contributed by atoms with Gasteiger partial charge in [0.2, 0.25) is 0 Å². The number of nitrogens with one attached hydrogen (secondary N) is 1. The molecule has 0 atom stereocenters. The van der Waals surface area contributed by atoms with Gasteiger partial charge in [0.1, 0.15) is 5.82 Å². The zero-order valence-corrected chi connectivity index (χ0v) is 9.64. The molecule has 0 aliphatic heterocycles. The average molecular weight is 216 g/mol. The van der Waals surface area contributed by atoms with E-state index in [-0.39, 0.29) is 0 Å². The largest absolute Gasteiger partial charge is 0.342 e. The molecule has 2 aromatic heterocycles. The number of hydrogen-bond donors (Lipinski definition) is 1. The third kappa shape index (κ3) is 2.67. The van der Waals surface area contributed by atoms with Crippen LogP contribution in [0.15, 0.2) is 30.7 Å². The highest BCUT2D eigenvalue weighted by Gasteiger charge is 2.02. The minimum Gasteiger partial charge on any atom is -0.342 e. The molecule has 2 heterocycles. The van der Waals surface area contributed by atoms with Crippen LogP contribution in [-0.2, 0) is 6.42 Å². The molecule has 0 amide bonds. The second kappa shape index (κ2) is 4.90. The molecule has 2 rings (SSSR count). The van der Waals surface area contributed by atoms with E-state index in [4.69, 9.17) is 0 Å². The van der Waals surface area contributed by atoms with Crippen molar-refractivity contribution in [2.24, 2.45) is 0 Å². The van der Waals surface area contributed by atoms with Crippen molar-refractivity contribution in [3.63, 3.8) is 0 Å². The number of rotatable bonds is 4. The average Bonchev–Trinajstić information content (AvgIpc) is 2.76. The molecule has 16 heavy (non-hydrogen) atoms. The summed E-state index contributed by atoms with van der Waals surface area (Å²) in [6.45, 7) is 1.00. The van der Waals surface area contributed by atoms with E-state index in [0.717, 1.165) is 30.0 Å². The summed E-state index contributed by atoms with van der Waals surface area (Å²) in [5, 5.41) is 0. The molecule has 1 N–H and O–H groups in total. The summed E-state index contributed by atoms with van der Waals surface area (Å²) in [6, 6.07) is 3.95. The smallest absolute Gasteiger partial charge is 0.107 e. The molecule has 0 saturated heterocycles. The van der Waals surface area contributed by atoms with Crippen LogP contribution in [0.2, 0.25) is 0 Å². The van der Waals surface area contributed by atoms with Crippen LogP contribution in [0.25, 0.3) is 11.3 Å². The van der Waals surface area contributed by atoms with Crippen LogP contribution in [0, 0.1) is 0 Å². The van der Waals surface area contributed by atoms with Gasteiger partial charge in [-0.25, -0.2) is 4.98 Å². The summed E-state index contributed by atoms with van der Waals surface area (Å²) in [4.78, 5) is 13.8. The molecule has 0 aliphatic carbocycles. The molecular weight excluding hydrogens is 200 g/mol. The van der Waals surface area contributed by atoms with Gasteiger partial charge in [0.15, 0.2) is 0 Å². The van der Waals surface area contributed by atoms with Crippen molar-refractivity contribution < 1.29 is 0 Å². The molecular formula is C12H16N4. The molecule has 0 radical (unpaired) electrons. The van der Waals surface area contributed by atoms with Gasteiger partial charge < -0.3 is 9.88 Å². The van der Waals surface area contributed by atoms with E-state index in [1.54, 1.807) is 12.4 Å². The van der Waals surface area contributed by atoms with Crippen LogP contribution in [0.1, 0.15) is 5.82 Å². The lowest BCUT2D eigenvalue weighted by molar-refractivity contribution is 0.410. The fraction of sp³-hybridized carbons (Fsp3) is 0.333. The van der Waals surface area contributed by atoms with E-state index in [1.165, 1.54) is 0 Å². The maximum atomic E-state index is 4.36. The molecule has 0 fully saturated rings. The molecule has 4 heteroatoms. The first-order valence-electron chi connectivity index (χ1n) is 5.35. The lowest BCUT2D eigenvalue weighted by Crippen LogP contribution is -2.15. The Kier molecular flexibility index (Phi) is 3.31. The zero-order chi connectivity index (χ0) is 11.4. The Morgan fingerprint density at radius 2 is 2.00 bits per heavy atom. The van der Waals surface area contributed by atoms with Crippen molar-refractivity contribution in [2.45, 2.75) is 6.42 Å². The number of likely N-dealkylation sites (N-methyl/N-ethyl adjacent to an activating group) is 1. The summed E-state index contributed by atoms with van der Waals surface area (Å²) in [5.74, 6) is 1.03. The van der Waals surface area contributed by atoms with Crippen LogP contribution < -0.4 is 0 Å². The van der Waals surface area contributed by atoms with Crippen molar-refractivity contribution in [1.82, 2.24) is 19.9 Å². The van der Waals surface area contributed by atoms with Crippen molar-refractivity contribution in [1.29, 1.82) is 0 Å². The van der Waals surface area contributed by atoms with E-state index in [0.29, 0.717) is 0 Å². The van der Waals surface area contributed by atoms with Gasteiger partial charge in [0, 0.05) is 30.9 Å². The molecule has 4 nitrogen and oxygen atoms in total. The monoisotopic (exact) mass is 216 g/mol. The first kappa shape index (κ1) is 10.8. The van der Waals surface area contributed by atoms with Crippen molar-refractivity contribution >= 4 is 0 Å². The van der Waals surface area contributed by atoms with Gasteiger partial charge in [-0.3, -0.25) is 4.98 Å². The van der Waals surface area contributed by atoms with Gasteiger partial charge in [-0.2, -0.15) is 0 Å². The first-order valence-corrected chi connectivity index (χ1v) is 5.35. The van der Waals surface area contributed by atoms with Crippen LogP contribution in [0.4, 0.5) is 0 Å². The molecule has 0 saturated carbocycles. The number of nitrogens with zero attached hydrogens (tertiary/aromatic N) is 3. The zero-order valence-electron chi connectivity index (χ0n) is 9.64. The van der Waals surface area contributed by atoms with Crippen LogP contribution in [0.3, 0.4) is 0 Å². The van der Waals surface area contributed by atoms with E-state index < -0.39 is 0 Å². The minimum atomic E-state index is 0.943. The predicted molar refractivity (Wildman–Crippen MR) is 64.1 cm³/mol. The normalized spacial score (nSPS) is 10.9. The highest BCUT2D eigenvalue weighted by atomic mass is 15.1. The van der Waals surface area contributed by atoms with Crippen LogP contribution in [0.5, 0.6) is 0 Å². The fourth-order valence-electron chi connectivity index (χ4n) is 1.50. The predicted octanol–water partition coefficient (Wildman–Crippen LogP) is 1.58. The Morgan fingerprint density at radius 1 is 1.25 bits per heavy atom. The van der Waals surface area contributed by atoms with Crippen molar-refractivity contribution in [2.75, 3.05) is 20.6 Å². The molecule has 0 unspecified atom stereocenters. The Balaban J connectivity index is 2.08. The Labute approximate surface area is 95.4 Å². The minimum absolute atomic E-state index is 0.943. The number of pyridine rings is 1. The number of aromatic amines is 1. The van der Waals surface area contributed by atoms with Gasteiger partial charge in [-0.05, 0) is 26.2 Å².